The van der Waals surface area contributed by atoms with Gasteiger partial charge in [0.05, 0.1) is 17.4 Å². The second-order valence-corrected chi connectivity index (χ2v) is 7.59. The summed E-state index contributed by atoms with van der Waals surface area (Å²) in [6, 6.07) is 5.33. The first-order valence-corrected chi connectivity index (χ1v) is 9.82. The standard InChI is InChI=1S/C20H25F3N6O/c1-11-7-8-14-13(9-11)17(28-16-6-4-3-5-15(16)26-12(2)24)29-18(27-14)19(30)25-10-20(21,22)23/h7-9,15-16H,3-6,10H2,1-2H3,(H2,24,26)(H,25,30)(H,27,28,29)/t15-,16+/m1/s1. The van der Waals surface area contributed by atoms with Gasteiger partial charge in [0.2, 0.25) is 5.82 Å². The summed E-state index contributed by atoms with van der Waals surface area (Å²) in [5.41, 5.74) is 7.22. The summed E-state index contributed by atoms with van der Waals surface area (Å²) in [7, 11) is 0. The van der Waals surface area contributed by atoms with Crippen LogP contribution in [0.3, 0.4) is 0 Å². The Bertz CT molecular complexity index is 955. The van der Waals surface area contributed by atoms with E-state index in [9.17, 15) is 18.0 Å². The van der Waals surface area contributed by atoms with Gasteiger partial charge in [-0.05, 0) is 38.8 Å². The molecule has 0 spiro atoms. The maximum absolute atomic E-state index is 12.5. The van der Waals surface area contributed by atoms with Crippen LogP contribution in [0, 0.1) is 6.92 Å². The van der Waals surface area contributed by atoms with Crippen LogP contribution in [0.1, 0.15) is 48.8 Å². The van der Waals surface area contributed by atoms with Gasteiger partial charge in [-0.2, -0.15) is 13.2 Å². The molecule has 0 saturated heterocycles. The molecule has 1 saturated carbocycles. The molecule has 162 valence electrons. The number of fused-ring (bicyclic) bond motifs is 1. The number of nitrogens with one attached hydrogen (secondary N) is 2. The van der Waals surface area contributed by atoms with E-state index in [4.69, 9.17) is 5.73 Å². The third kappa shape index (κ3) is 5.58. The molecule has 0 aliphatic heterocycles. The molecule has 1 aliphatic rings. The van der Waals surface area contributed by atoms with E-state index in [1.54, 1.807) is 13.0 Å². The van der Waals surface area contributed by atoms with Crippen LogP contribution < -0.4 is 16.4 Å². The van der Waals surface area contributed by atoms with Crippen molar-refractivity contribution >= 4 is 28.5 Å². The van der Waals surface area contributed by atoms with Crippen LogP contribution in [0.25, 0.3) is 10.9 Å². The highest BCUT2D eigenvalue weighted by Gasteiger charge is 2.29. The molecule has 0 unspecified atom stereocenters. The molecule has 10 heteroatoms. The lowest BCUT2D eigenvalue weighted by Gasteiger charge is -2.30. The second-order valence-electron chi connectivity index (χ2n) is 7.59. The number of rotatable bonds is 5. The largest absolute Gasteiger partial charge is 0.405 e. The van der Waals surface area contributed by atoms with Crippen molar-refractivity contribution in [2.24, 2.45) is 10.7 Å². The number of amidine groups is 1. The van der Waals surface area contributed by atoms with Crippen molar-refractivity contribution in [1.82, 2.24) is 15.3 Å². The maximum Gasteiger partial charge on any atom is 0.405 e. The van der Waals surface area contributed by atoms with Gasteiger partial charge >= 0.3 is 6.18 Å². The minimum absolute atomic E-state index is 0.0407. The number of hydrogen-bond acceptors (Lipinski definition) is 5. The molecule has 3 rings (SSSR count). The Morgan fingerprint density at radius 3 is 2.70 bits per heavy atom. The van der Waals surface area contributed by atoms with Crippen LogP contribution in [0.2, 0.25) is 0 Å². The van der Waals surface area contributed by atoms with E-state index in [1.807, 2.05) is 24.4 Å². The Balaban J connectivity index is 1.96. The molecule has 1 heterocycles. The van der Waals surface area contributed by atoms with E-state index in [1.165, 1.54) is 0 Å². The van der Waals surface area contributed by atoms with Gasteiger partial charge in [0.15, 0.2) is 0 Å². The van der Waals surface area contributed by atoms with Crippen LogP contribution in [-0.4, -0.2) is 46.5 Å². The number of anilines is 1. The van der Waals surface area contributed by atoms with Crippen molar-refractivity contribution in [3.8, 4) is 0 Å². The van der Waals surface area contributed by atoms with Crippen molar-refractivity contribution in [3.05, 3.63) is 29.6 Å². The molecule has 4 N–H and O–H groups in total. The van der Waals surface area contributed by atoms with E-state index in [0.29, 0.717) is 22.6 Å². The molecule has 1 aliphatic carbocycles. The number of nitrogens with zero attached hydrogens (tertiary/aromatic N) is 3. The van der Waals surface area contributed by atoms with Gasteiger partial charge in [-0.15, -0.1) is 0 Å². The predicted octanol–water partition coefficient (Wildman–Crippen LogP) is 3.33. The minimum atomic E-state index is -4.52. The zero-order chi connectivity index (χ0) is 21.9. The number of carbonyl (C=O) groups excluding carboxylic acids is 1. The molecule has 1 aromatic heterocycles. The topological polar surface area (TPSA) is 105 Å². The fourth-order valence-corrected chi connectivity index (χ4v) is 3.58. The molecule has 30 heavy (non-hydrogen) atoms. The van der Waals surface area contributed by atoms with Gasteiger partial charge in [0.1, 0.15) is 12.4 Å². The van der Waals surface area contributed by atoms with Crippen LogP contribution in [-0.2, 0) is 0 Å². The molecular formula is C20H25F3N6O. The number of carbonyl (C=O) groups is 1. The lowest BCUT2D eigenvalue weighted by molar-refractivity contribution is -0.123. The molecule has 1 aromatic carbocycles. The molecule has 1 fully saturated rings. The first kappa shape index (κ1) is 21.8. The highest BCUT2D eigenvalue weighted by atomic mass is 19.4. The summed E-state index contributed by atoms with van der Waals surface area (Å²) in [6.45, 7) is 2.20. The number of halogens is 3. The average Bonchev–Trinajstić information content (AvgIpc) is 2.66. The summed E-state index contributed by atoms with van der Waals surface area (Å²) < 4.78 is 37.4. The normalized spacial score (nSPS) is 20.2. The van der Waals surface area contributed by atoms with Gasteiger partial charge in [-0.3, -0.25) is 9.79 Å². The number of benzene rings is 1. The molecule has 7 nitrogen and oxygen atoms in total. The summed E-state index contributed by atoms with van der Waals surface area (Å²) in [5.74, 6) is -0.398. The minimum Gasteiger partial charge on any atom is -0.388 e. The van der Waals surface area contributed by atoms with E-state index < -0.39 is 18.6 Å². The molecular weight excluding hydrogens is 397 g/mol. The average molecular weight is 422 g/mol. The Labute approximate surface area is 172 Å². The van der Waals surface area contributed by atoms with Crippen molar-refractivity contribution in [1.29, 1.82) is 0 Å². The second kappa shape index (κ2) is 8.85. The Kier molecular flexibility index (Phi) is 6.42. The number of aromatic nitrogens is 2. The molecule has 0 bridgehead atoms. The van der Waals surface area contributed by atoms with Crippen LogP contribution in [0.15, 0.2) is 23.2 Å². The zero-order valence-corrected chi connectivity index (χ0v) is 16.9. The SMILES string of the molecule is CC(N)=N[C@@H]1CCCC[C@@H]1Nc1nc(C(=O)NCC(F)(F)F)nc2ccc(C)cc12. The molecule has 1 amide bonds. The lowest BCUT2D eigenvalue weighted by atomic mass is 9.90. The monoisotopic (exact) mass is 422 g/mol. The first-order valence-electron chi connectivity index (χ1n) is 9.82. The number of amides is 1. The quantitative estimate of drug-likeness (QED) is 0.506. The van der Waals surface area contributed by atoms with Gasteiger partial charge in [-0.1, -0.05) is 24.5 Å². The summed E-state index contributed by atoms with van der Waals surface area (Å²) >= 11 is 0. The van der Waals surface area contributed by atoms with E-state index in [0.717, 1.165) is 31.2 Å². The molecule has 2 atom stereocenters. The smallest absolute Gasteiger partial charge is 0.388 e. The Hall–Kier alpha value is -2.91. The third-order valence-corrected chi connectivity index (χ3v) is 4.92. The Morgan fingerprint density at radius 2 is 2.00 bits per heavy atom. The predicted molar refractivity (Wildman–Crippen MR) is 110 cm³/mol. The lowest BCUT2D eigenvalue weighted by Crippen LogP contribution is -2.37. The number of aliphatic imine (C=N–C) groups is 1. The number of aryl methyl sites for hydroxylation is 1. The van der Waals surface area contributed by atoms with Crippen LogP contribution >= 0.6 is 0 Å². The van der Waals surface area contributed by atoms with Crippen molar-refractivity contribution < 1.29 is 18.0 Å². The molecule has 0 radical (unpaired) electrons. The van der Waals surface area contributed by atoms with E-state index >= 15 is 0 Å². The number of alkyl halides is 3. The summed E-state index contributed by atoms with van der Waals surface area (Å²) in [4.78, 5) is 25.2. The van der Waals surface area contributed by atoms with Crippen molar-refractivity contribution in [3.63, 3.8) is 0 Å². The number of hydrogen-bond donors (Lipinski definition) is 3. The van der Waals surface area contributed by atoms with Gasteiger partial charge in [0.25, 0.3) is 5.91 Å². The van der Waals surface area contributed by atoms with Gasteiger partial charge in [-0.25, -0.2) is 9.97 Å². The van der Waals surface area contributed by atoms with Gasteiger partial charge in [0, 0.05) is 11.4 Å². The zero-order valence-electron chi connectivity index (χ0n) is 16.9. The number of nitrogens with two attached hydrogens (primary N) is 1. The van der Waals surface area contributed by atoms with Gasteiger partial charge < -0.3 is 16.4 Å². The van der Waals surface area contributed by atoms with Crippen molar-refractivity contribution in [2.45, 2.75) is 57.8 Å². The van der Waals surface area contributed by atoms with E-state index in [-0.39, 0.29) is 17.9 Å². The summed E-state index contributed by atoms with van der Waals surface area (Å²) in [5, 5.41) is 5.88. The maximum atomic E-state index is 12.5. The molecule has 2 aromatic rings. The van der Waals surface area contributed by atoms with Crippen LogP contribution in [0.5, 0.6) is 0 Å². The van der Waals surface area contributed by atoms with E-state index in [2.05, 4.69) is 20.3 Å². The Morgan fingerprint density at radius 1 is 1.27 bits per heavy atom. The highest BCUT2D eigenvalue weighted by molar-refractivity contribution is 5.96. The van der Waals surface area contributed by atoms with Crippen molar-refractivity contribution in [2.75, 3.05) is 11.9 Å². The highest BCUT2D eigenvalue weighted by Crippen LogP contribution is 2.28. The van der Waals surface area contributed by atoms with Crippen LogP contribution in [0.4, 0.5) is 19.0 Å². The fourth-order valence-electron chi connectivity index (χ4n) is 3.58. The summed E-state index contributed by atoms with van der Waals surface area (Å²) in [6.07, 6.45) is -0.762. The first-order chi connectivity index (χ1) is 14.1. The third-order valence-electron chi connectivity index (χ3n) is 4.92. The fraction of sp³-hybridized carbons (Fsp3) is 0.500.